The molecule has 1 atom stereocenters. The van der Waals surface area contributed by atoms with Crippen molar-refractivity contribution >= 4 is 0 Å². The molecule has 1 aliphatic heterocycles. The minimum atomic E-state index is 0.429. The Morgan fingerprint density at radius 3 is 2.88 bits per heavy atom. The van der Waals surface area contributed by atoms with Crippen LogP contribution in [0.5, 0.6) is 0 Å². The molecule has 2 rings (SSSR count). The quantitative estimate of drug-likeness (QED) is 0.788. The van der Waals surface area contributed by atoms with Crippen molar-refractivity contribution in [1.82, 2.24) is 10.2 Å². The summed E-state index contributed by atoms with van der Waals surface area (Å²) in [6.45, 7) is 10.5. The van der Waals surface area contributed by atoms with Gasteiger partial charge in [-0.15, -0.1) is 6.58 Å². The zero-order valence-corrected chi connectivity index (χ0v) is 9.91. The van der Waals surface area contributed by atoms with E-state index in [-0.39, 0.29) is 0 Å². The van der Waals surface area contributed by atoms with Crippen LogP contribution in [0.15, 0.2) is 35.2 Å². The summed E-state index contributed by atoms with van der Waals surface area (Å²) in [7, 11) is 0. The predicted molar refractivity (Wildman–Crippen MR) is 65.3 cm³/mol. The normalized spacial score (nSPS) is 19.6. The van der Waals surface area contributed by atoms with Gasteiger partial charge < -0.3 is 9.73 Å². The fraction of sp³-hybridized carbons (Fsp3) is 0.538. The Labute approximate surface area is 97.1 Å². The summed E-state index contributed by atoms with van der Waals surface area (Å²) >= 11 is 0. The van der Waals surface area contributed by atoms with E-state index in [1.807, 2.05) is 6.26 Å². The molecule has 1 aliphatic rings. The summed E-state index contributed by atoms with van der Waals surface area (Å²) in [4.78, 5) is 2.51. The minimum absolute atomic E-state index is 0.429. The molecule has 0 unspecified atom stereocenters. The number of hydrogen-bond donors (Lipinski definition) is 1. The number of piperazine rings is 1. The van der Waals surface area contributed by atoms with Crippen molar-refractivity contribution in [3.8, 4) is 0 Å². The third kappa shape index (κ3) is 2.74. The maximum absolute atomic E-state index is 5.20. The Morgan fingerprint density at radius 2 is 2.31 bits per heavy atom. The Bertz CT molecular complexity index is 326. The highest BCUT2D eigenvalue weighted by Gasteiger charge is 2.22. The molecule has 88 valence electrons. The number of nitrogens with one attached hydrogen (secondary N) is 1. The SMILES string of the molecule is C=C(C)C[C@@H](c1ccoc1)N1CCNCC1. The van der Waals surface area contributed by atoms with Crippen LogP contribution in [0.1, 0.15) is 24.9 Å². The van der Waals surface area contributed by atoms with E-state index in [0.29, 0.717) is 6.04 Å². The van der Waals surface area contributed by atoms with Crippen molar-refractivity contribution in [2.24, 2.45) is 0 Å². The first-order chi connectivity index (χ1) is 7.77. The number of rotatable bonds is 4. The standard InChI is InChI=1S/C13H20N2O/c1-11(2)9-13(12-3-8-16-10-12)15-6-4-14-5-7-15/h3,8,10,13-14H,1,4-7,9H2,2H3/t13-/m0/s1. The van der Waals surface area contributed by atoms with E-state index < -0.39 is 0 Å². The van der Waals surface area contributed by atoms with Crippen LogP contribution < -0.4 is 5.32 Å². The molecule has 3 heteroatoms. The Hall–Kier alpha value is -1.06. The smallest absolute Gasteiger partial charge is 0.0950 e. The molecule has 0 amide bonds. The maximum atomic E-state index is 5.20. The average molecular weight is 220 g/mol. The molecule has 0 bridgehead atoms. The topological polar surface area (TPSA) is 28.4 Å². The van der Waals surface area contributed by atoms with E-state index in [2.05, 4.69) is 29.8 Å². The van der Waals surface area contributed by atoms with Crippen LogP contribution in [0.4, 0.5) is 0 Å². The van der Waals surface area contributed by atoms with Gasteiger partial charge in [-0.25, -0.2) is 0 Å². The first kappa shape index (κ1) is 11.4. The number of nitrogens with zero attached hydrogens (tertiary/aromatic N) is 1. The fourth-order valence-electron chi connectivity index (χ4n) is 2.25. The number of hydrogen-bond acceptors (Lipinski definition) is 3. The van der Waals surface area contributed by atoms with Crippen LogP contribution in [-0.2, 0) is 0 Å². The van der Waals surface area contributed by atoms with Crippen molar-refractivity contribution in [2.45, 2.75) is 19.4 Å². The molecule has 0 radical (unpaired) electrons. The van der Waals surface area contributed by atoms with Crippen molar-refractivity contribution in [3.63, 3.8) is 0 Å². The van der Waals surface area contributed by atoms with Crippen molar-refractivity contribution in [1.29, 1.82) is 0 Å². The van der Waals surface area contributed by atoms with E-state index in [1.54, 1.807) is 6.26 Å². The lowest BCUT2D eigenvalue weighted by molar-refractivity contribution is 0.172. The first-order valence-corrected chi connectivity index (χ1v) is 5.88. The third-order valence-corrected chi connectivity index (χ3v) is 3.06. The van der Waals surface area contributed by atoms with Crippen LogP contribution in [0.3, 0.4) is 0 Å². The number of furan rings is 1. The van der Waals surface area contributed by atoms with Crippen LogP contribution in [0, 0.1) is 0 Å². The molecule has 1 aromatic rings. The molecule has 1 aromatic heterocycles. The molecule has 16 heavy (non-hydrogen) atoms. The molecule has 1 N–H and O–H groups in total. The van der Waals surface area contributed by atoms with Gasteiger partial charge in [0.25, 0.3) is 0 Å². The lowest BCUT2D eigenvalue weighted by Gasteiger charge is -2.34. The van der Waals surface area contributed by atoms with Crippen molar-refractivity contribution in [2.75, 3.05) is 26.2 Å². The van der Waals surface area contributed by atoms with Crippen molar-refractivity contribution < 1.29 is 4.42 Å². The Balaban J connectivity index is 2.10. The van der Waals surface area contributed by atoms with Gasteiger partial charge in [0, 0.05) is 37.8 Å². The van der Waals surface area contributed by atoms with E-state index in [9.17, 15) is 0 Å². The molecule has 0 spiro atoms. The minimum Gasteiger partial charge on any atom is -0.472 e. The van der Waals surface area contributed by atoms with E-state index in [1.165, 1.54) is 11.1 Å². The summed E-state index contributed by atoms with van der Waals surface area (Å²) in [5.74, 6) is 0. The zero-order valence-electron chi connectivity index (χ0n) is 9.91. The van der Waals surface area contributed by atoms with Gasteiger partial charge in [-0.2, -0.15) is 0 Å². The summed E-state index contributed by atoms with van der Waals surface area (Å²) in [5.41, 5.74) is 2.50. The highest BCUT2D eigenvalue weighted by molar-refractivity contribution is 5.15. The van der Waals surface area contributed by atoms with Crippen LogP contribution >= 0.6 is 0 Å². The molecule has 0 saturated carbocycles. The van der Waals surface area contributed by atoms with Crippen LogP contribution in [0.2, 0.25) is 0 Å². The van der Waals surface area contributed by atoms with Gasteiger partial charge >= 0.3 is 0 Å². The Morgan fingerprint density at radius 1 is 1.56 bits per heavy atom. The van der Waals surface area contributed by atoms with Gasteiger partial charge in [0.2, 0.25) is 0 Å². The van der Waals surface area contributed by atoms with E-state index in [4.69, 9.17) is 4.42 Å². The summed E-state index contributed by atoms with van der Waals surface area (Å²) in [5, 5.41) is 3.38. The van der Waals surface area contributed by atoms with E-state index >= 15 is 0 Å². The second-order valence-corrected chi connectivity index (χ2v) is 4.52. The second kappa shape index (κ2) is 5.32. The van der Waals surface area contributed by atoms with Gasteiger partial charge in [0.1, 0.15) is 0 Å². The first-order valence-electron chi connectivity index (χ1n) is 5.88. The molecule has 0 aromatic carbocycles. The zero-order chi connectivity index (χ0) is 11.4. The third-order valence-electron chi connectivity index (χ3n) is 3.06. The summed E-state index contributed by atoms with van der Waals surface area (Å²) in [6.07, 6.45) is 4.62. The van der Waals surface area contributed by atoms with Gasteiger partial charge in [0.15, 0.2) is 0 Å². The van der Waals surface area contributed by atoms with Gasteiger partial charge in [-0.3, -0.25) is 4.90 Å². The average Bonchev–Trinajstić information content (AvgIpc) is 2.80. The lowest BCUT2D eigenvalue weighted by atomic mass is 10.0. The molecule has 1 fully saturated rings. The summed E-state index contributed by atoms with van der Waals surface area (Å²) < 4.78 is 5.20. The second-order valence-electron chi connectivity index (χ2n) is 4.52. The van der Waals surface area contributed by atoms with Crippen LogP contribution in [-0.4, -0.2) is 31.1 Å². The van der Waals surface area contributed by atoms with Gasteiger partial charge in [-0.05, 0) is 19.4 Å². The maximum Gasteiger partial charge on any atom is 0.0950 e. The Kier molecular flexibility index (Phi) is 3.80. The van der Waals surface area contributed by atoms with Crippen LogP contribution in [0.25, 0.3) is 0 Å². The summed E-state index contributed by atoms with van der Waals surface area (Å²) in [6, 6.07) is 2.49. The fourth-order valence-corrected chi connectivity index (χ4v) is 2.25. The highest BCUT2D eigenvalue weighted by atomic mass is 16.3. The van der Waals surface area contributed by atoms with Gasteiger partial charge in [-0.1, -0.05) is 5.57 Å². The molecule has 2 heterocycles. The largest absolute Gasteiger partial charge is 0.472 e. The monoisotopic (exact) mass is 220 g/mol. The molecule has 3 nitrogen and oxygen atoms in total. The predicted octanol–water partition coefficient (Wildman–Crippen LogP) is 2.19. The molecular weight excluding hydrogens is 200 g/mol. The van der Waals surface area contributed by atoms with Crippen molar-refractivity contribution in [3.05, 3.63) is 36.3 Å². The molecular formula is C13H20N2O. The highest BCUT2D eigenvalue weighted by Crippen LogP contribution is 2.27. The molecule has 0 aliphatic carbocycles. The lowest BCUT2D eigenvalue weighted by Crippen LogP contribution is -2.45. The van der Waals surface area contributed by atoms with E-state index in [0.717, 1.165) is 32.6 Å². The molecule has 1 saturated heterocycles. The van der Waals surface area contributed by atoms with Gasteiger partial charge in [0.05, 0.1) is 12.5 Å².